The minimum absolute atomic E-state index is 0.0633. The predicted molar refractivity (Wildman–Crippen MR) is 106 cm³/mol. The van der Waals surface area contributed by atoms with Gasteiger partial charge in [-0.1, -0.05) is 29.5 Å². The third-order valence-electron chi connectivity index (χ3n) is 4.58. The second-order valence-electron chi connectivity index (χ2n) is 6.36. The summed E-state index contributed by atoms with van der Waals surface area (Å²) in [5.41, 5.74) is 3.01. The number of carbonyl (C=O) groups excluding carboxylic acids is 1. The minimum Gasteiger partial charge on any atom is -0.497 e. The fourth-order valence-corrected chi connectivity index (χ4v) is 3.90. The first-order chi connectivity index (χ1) is 13.2. The van der Waals surface area contributed by atoms with Crippen molar-refractivity contribution in [1.82, 2.24) is 14.8 Å². The Bertz CT molecular complexity index is 951. The van der Waals surface area contributed by atoms with Gasteiger partial charge in [0, 0.05) is 24.3 Å². The summed E-state index contributed by atoms with van der Waals surface area (Å²) in [6.45, 7) is 3.74. The summed E-state index contributed by atoms with van der Waals surface area (Å²) in [4.78, 5) is 14.6. The van der Waals surface area contributed by atoms with E-state index in [2.05, 4.69) is 50.9 Å². The van der Waals surface area contributed by atoms with Gasteiger partial charge in [-0.05, 0) is 43.3 Å². The SMILES string of the molecule is COc1ccc(C(=O)CSc2nnc3n2CCN3c2ccc(C)cc2)cc1. The molecule has 0 spiro atoms. The molecule has 27 heavy (non-hydrogen) atoms. The van der Waals surface area contributed by atoms with Crippen molar-refractivity contribution in [3.63, 3.8) is 0 Å². The molecule has 2 heterocycles. The molecule has 0 saturated heterocycles. The molecule has 1 aromatic heterocycles. The Kier molecular flexibility index (Phi) is 4.85. The van der Waals surface area contributed by atoms with Crippen molar-refractivity contribution in [3.8, 4) is 5.75 Å². The van der Waals surface area contributed by atoms with Crippen LogP contribution in [0, 0.1) is 6.92 Å². The van der Waals surface area contributed by atoms with E-state index in [9.17, 15) is 4.79 Å². The molecule has 138 valence electrons. The number of nitrogens with zero attached hydrogens (tertiary/aromatic N) is 4. The first-order valence-electron chi connectivity index (χ1n) is 8.73. The summed E-state index contributed by atoms with van der Waals surface area (Å²) in [5.74, 6) is 1.96. The average Bonchev–Trinajstić information content (AvgIpc) is 3.29. The molecule has 0 radical (unpaired) electrons. The van der Waals surface area contributed by atoms with Crippen LogP contribution in [-0.2, 0) is 6.54 Å². The molecular weight excluding hydrogens is 360 g/mol. The Morgan fingerprint density at radius 1 is 1.07 bits per heavy atom. The van der Waals surface area contributed by atoms with Crippen LogP contribution in [0.4, 0.5) is 11.6 Å². The van der Waals surface area contributed by atoms with Gasteiger partial charge in [-0.2, -0.15) is 0 Å². The summed E-state index contributed by atoms with van der Waals surface area (Å²) in [6.07, 6.45) is 0. The molecule has 4 rings (SSSR count). The van der Waals surface area contributed by atoms with Crippen molar-refractivity contribution in [1.29, 1.82) is 0 Å². The van der Waals surface area contributed by atoms with E-state index in [1.54, 1.807) is 31.4 Å². The minimum atomic E-state index is 0.0633. The first-order valence-corrected chi connectivity index (χ1v) is 9.72. The number of ketones is 1. The maximum Gasteiger partial charge on any atom is 0.232 e. The number of thioether (sulfide) groups is 1. The molecule has 6 nitrogen and oxygen atoms in total. The molecule has 2 aromatic carbocycles. The van der Waals surface area contributed by atoms with E-state index in [0.29, 0.717) is 11.3 Å². The number of benzene rings is 2. The van der Waals surface area contributed by atoms with Crippen molar-refractivity contribution in [2.24, 2.45) is 0 Å². The van der Waals surface area contributed by atoms with E-state index in [0.717, 1.165) is 35.6 Å². The summed E-state index contributed by atoms with van der Waals surface area (Å²) < 4.78 is 7.20. The zero-order valence-electron chi connectivity index (χ0n) is 15.3. The van der Waals surface area contributed by atoms with E-state index >= 15 is 0 Å². The van der Waals surface area contributed by atoms with Crippen LogP contribution in [0.5, 0.6) is 5.75 Å². The zero-order valence-corrected chi connectivity index (χ0v) is 16.1. The normalized spacial score (nSPS) is 12.9. The van der Waals surface area contributed by atoms with Gasteiger partial charge in [-0.15, -0.1) is 10.2 Å². The van der Waals surface area contributed by atoms with Crippen LogP contribution in [0.15, 0.2) is 53.7 Å². The van der Waals surface area contributed by atoms with E-state index in [1.807, 2.05) is 0 Å². The van der Waals surface area contributed by atoms with Crippen LogP contribution >= 0.6 is 11.8 Å². The molecule has 0 atom stereocenters. The van der Waals surface area contributed by atoms with E-state index < -0.39 is 0 Å². The topological polar surface area (TPSA) is 60.2 Å². The number of hydrogen-bond acceptors (Lipinski definition) is 6. The zero-order chi connectivity index (χ0) is 18.8. The second-order valence-corrected chi connectivity index (χ2v) is 7.30. The summed E-state index contributed by atoms with van der Waals surface area (Å²) in [6, 6.07) is 15.6. The number of methoxy groups -OCH3 is 1. The Morgan fingerprint density at radius 2 is 1.81 bits per heavy atom. The van der Waals surface area contributed by atoms with Crippen LogP contribution in [0.1, 0.15) is 15.9 Å². The van der Waals surface area contributed by atoms with Gasteiger partial charge in [0.1, 0.15) is 5.75 Å². The number of anilines is 2. The molecule has 0 unspecified atom stereocenters. The first kappa shape index (κ1) is 17.6. The fraction of sp³-hybridized carbons (Fsp3) is 0.250. The number of hydrogen-bond donors (Lipinski definition) is 0. The fourth-order valence-electron chi connectivity index (χ4n) is 3.04. The highest BCUT2D eigenvalue weighted by molar-refractivity contribution is 7.99. The van der Waals surface area contributed by atoms with Crippen molar-refractivity contribution in [2.45, 2.75) is 18.6 Å². The molecule has 0 amide bonds. The smallest absolute Gasteiger partial charge is 0.232 e. The molecular formula is C20H20N4O2S. The molecule has 3 aromatic rings. The van der Waals surface area contributed by atoms with Gasteiger partial charge in [-0.25, -0.2) is 0 Å². The molecule has 0 N–H and O–H groups in total. The highest BCUT2D eigenvalue weighted by Crippen LogP contribution is 2.32. The Balaban J connectivity index is 1.45. The van der Waals surface area contributed by atoms with Gasteiger partial charge in [-0.3, -0.25) is 9.36 Å². The van der Waals surface area contributed by atoms with Gasteiger partial charge >= 0.3 is 0 Å². The van der Waals surface area contributed by atoms with Gasteiger partial charge in [0.25, 0.3) is 0 Å². The van der Waals surface area contributed by atoms with E-state index in [1.165, 1.54) is 17.3 Å². The van der Waals surface area contributed by atoms with Crippen LogP contribution in [0.25, 0.3) is 0 Å². The maximum absolute atomic E-state index is 12.4. The highest BCUT2D eigenvalue weighted by Gasteiger charge is 2.26. The lowest BCUT2D eigenvalue weighted by Gasteiger charge is -2.15. The number of Topliss-reactive ketones (excluding diaryl/α,β-unsaturated/α-hetero) is 1. The van der Waals surface area contributed by atoms with Crippen molar-refractivity contribution in [3.05, 3.63) is 59.7 Å². The number of rotatable bonds is 6. The Hall–Kier alpha value is -2.80. The lowest BCUT2D eigenvalue weighted by molar-refractivity contribution is 0.102. The van der Waals surface area contributed by atoms with Gasteiger partial charge in [0.15, 0.2) is 10.9 Å². The van der Waals surface area contributed by atoms with Crippen molar-refractivity contribution < 1.29 is 9.53 Å². The van der Waals surface area contributed by atoms with Crippen LogP contribution in [0.3, 0.4) is 0 Å². The summed E-state index contributed by atoms with van der Waals surface area (Å²) in [7, 11) is 1.61. The number of aromatic nitrogens is 3. The highest BCUT2D eigenvalue weighted by atomic mass is 32.2. The number of ether oxygens (including phenoxy) is 1. The number of aryl methyl sites for hydroxylation is 1. The molecule has 0 aliphatic carbocycles. The van der Waals surface area contributed by atoms with E-state index in [-0.39, 0.29) is 5.78 Å². The molecule has 7 heteroatoms. The summed E-state index contributed by atoms with van der Waals surface area (Å²) >= 11 is 1.43. The third kappa shape index (κ3) is 3.55. The van der Waals surface area contributed by atoms with Crippen LogP contribution in [-0.4, -0.2) is 40.0 Å². The van der Waals surface area contributed by atoms with Gasteiger partial charge < -0.3 is 9.64 Å². The van der Waals surface area contributed by atoms with Crippen molar-refractivity contribution in [2.75, 3.05) is 24.3 Å². The molecule has 1 aliphatic heterocycles. The molecule has 0 fully saturated rings. The third-order valence-corrected chi connectivity index (χ3v) is 5.54. The second kappa shape index (κ2) is 7.44. The van der Waals surface area contributed by atoms with E-state index in [4.69, 9.17) is 4.74 Å². The number of carbonyl (C=O) groups is 1. The Labute approximate surface area is 162 Å². The largest absolute Gasteiger partial charge is 0.497 e. The molecule has 0 bridgehead atoms. The van der Waals surface area contributed by atoms with Crippen LogP contribution in [0.2, 0.25) is 0 Å². The molecule has 0 saturated carbocycles. The quantitative estimate of drug-likeness (QED) is 0.480. The standard InChI is InChI=1S/C20H20N4O2S/c1-14-3-7-16(8-4-14)23-11-12-24-19(23)21-22-20(24)27-13-18(25)15-5-9-17(26-2)10-6-15/h3-10H,11-13H2,1-2H3. The van der Waals surface area contributed by atoms with Crippen LogP contribution < -0.4 is 9.64 Å². The maximum atomic E-state index is 12.4. The number of fused-ring (bicyclic) bond motifs is 1. The van der Waals surface area contributed by atoms with Crippen molar-refractivity contribution >= 4 is 29.2 Å². The monoisotopic (exact) mass is 380 g/mol. The molecule has 1 aliphatic rings. The summed E-state index contributed by atoms with van der Waals surface area (Å²) in [5, 5.41) is 9.41. The lowest BCUT2D eigenvalue weighted by Crippen LogP contribution is -2.14. The Morgan fingerprint density at radius 3 is 2.52 bits per heavy atom. The van der Waals surface area contributed by atoms with Gasteiger partial charge in [0.2, 0.25) is 5.95 Å². The van der Waals surface area contributed by atoms with Gasteiger partial charge in [0.05, 0.1) is 12.9 Å². The average molecular weight is 380 g/mol. The predicted octanol–water partition coefficient (Wildman–Crippen LogP) is 3.72. The lowest BCUT2D eigenvalue weighted by atomic mass is 10.1.